The van der Waals surface area contributed by atoms with E-state index in [1.54, 1.807) is 0 Å². The standard InChI is InChI=1S/C14H29NO7P2/c1-2-13(16)15-12-10-8-6-4-3-5-7-9-11-14(23(17,18)19)24(20,21)22/h2,14H,1,3-12H2,(H,15,16)(H2,17,18,19)(H2,20,21,22). The summed E-state index contributed by atoms with van der Waals surface area (Å²) in [4.78, 5) is 46.9. The second kappa shape index (κ2) is 12.0. The first-order chi connectivity index (χ1) is 11.1. The third-order valence-electron chi connectivity index (χ3n) is 3.65. The molecule has 24 heavy (non-hydrogen) atoms. The van der Waals surface area contributed by atoms with E-state index in [4.69, 9.17) is 19.6 Å². The zero-order valence-electron chi connectivity index (χ0n) is 13.8. The van der Waals surface area contributed by atoms with Gasteiger partial charge < -0.3 is 24.9 Å². The van der Waals surface area contributed by atoms with Crippen molar-refractivity contribution in [3.05, 3.63) is 12.7 Å². The van der Waals surface area contributed by atoms with E-state index in [9.17, 15) is 13.9 Å². The molecule has 0 aromatic heterocycles. The van der Waals surface area contributed by atoms with Crippen molar-refractivity contribution in [1.29, 1.82) is 0 Å². The third kappa shape index (κ3) is 12.0. The Bertz CT molecular complexity index is 450. The lowest BCUT2D eigenvalue weighted by atomic mass is 10.1. The SMILES string of the molecule is C=CC(=O)NCCCCCCCCCCC(P(=O)(O)O)P(=O)(O)O. The maximum atomic E-state index is 11.1. The fourth-order valence-corrected chi connectivity index (χ4v) is 4.93. The molecule has 0 aliphatic carbocycles. The molecule has 0 bridgehead atoms. The molecule has 0 aliphatic heterocycles. The quantitative estimate of drug-likeness (QED) is 0.175. The Balaban J connectivity index is 3.63. The Hall–Kier alpha value is -0.490. The maximum Gasteiger partial charge on any atom is 0.340 e. The summed E-state index contributed by atoms with van der Waals surface area (Å²) in [5.41, 5.74) is 0. The van der Waals surface area contributed by atoms with Crippen LogP contribution in [-0.2, 0) is 13.9 Å². The minimum absolute atomic E-state index is 0.168. The molecule has 5 N–H and O–H groups in total. The van der Waals surface area contributed by atoms with Crippen LogP contribution in [0.15, 0.2) is 12.7 Å². The van der Waals surface area contributed by atoms with Gasteiger partial charge in [-0.3, -0.25) is 13.9 Å². The van der Waals surface area contributed by atoms with Crippen molar-refractivity contribution in [2.75, 3.05) is 6.54 Å². The van der Waals surface area contributed by atoms with Gasteiger partial charge in [-0.1, -0.05) is 51.5 Å². The van der Waals surface area contributed by atoms with E-state index in [-0.39, 0.29) is 12.3 Å². The third-order valence-corrected chi connectivity index (χ3v) is 7.52. The lowest BCUT2D eigenvalue weighted by Gasteiger charge is -2.19. The van der Waals surface area contributed by atoms with Gasteiger partial charge in [-0.05, 0) is 18.9 Å². The summed E-state index contributed by atoms with van der Waals surface area (Å²) in [6.45, 7) is 4.00. The minimum atomic E-state index is -4.78. The van der Waals surface area contributed by atoms with E-state index in [0.29, 0.717) is 19.4 Å². The van der Waals surface area contributed by atoms with Crippen molar-refractivity contribution in [3.63, 3.8) is 0 Å². The fourth-order valence-electron chi connectivity index (χ4n) is 2.33. The number of carbonyl (C=O) groups is 1. The lowest BCUT2D eigenvalue weighted by Crippen LogP contribution is -2.21. The van der Waals surface area contributed by atoms with Gasteiger partial charge in [0, 0.05) is 6.54 Å². The smallest absolute Gasteiger partial charge is 0.340 e. The summed E-state index contributed by atoms with van der Waals surface area (Å²) in [6, 6.07) is 0. The molecule has 0 atom stereocenters. The molecule has 0 aromatic carbocycles. The molecule has 0 heterocycles. The highest BCUT2D eigenvalue weighted by Gasteiger charge is 2.42. The van der Waals surface area contributed by atoms with Gasteiger partial charge in [-0.25, -0.2) is 0 Å². The maximum absolute atomic E-state index is 11.1. The topological polar surface area (TPSA) is 144 Å². The average Bonchev–Trinajstić information content (AvgIpc) is 2.45. The number of carbonyl (C=O) groups excluding carboxylic acids is 1. The second-order valence-corrected chi connectivity index (χ2v) is 9.78. The van der Waals surface area contributed by atoms with Crippen LogP contribution in [0.3, 0.4) is 0 Å². The molecular formula is C14H29NO7P2. The monoisotopic (exact) mass is 385 g/mol. The molecule has 10 heteroatoms. The normalized spacial score (nSPS) is 12.4. The van der Waals surface area contributed by atoms with Crippen molar-refractivity contribution in [2.24, 2.45) is 0 Å². The number of amides is 1. The summed E-state index contributed by atoms with van der Waals surface area (Å²) in [7, 11) is -9.57. The van der Waals surface area contributed by atoms with E-state index < -0.39 is 20.6 Å². The van der Waals surface area contributed by atoms with Crippen molar-refractivity contribution >= 4 is 21.1 Å². The van der Waals surface area contributed by atoms with Crippen LogP contribution in [0.2, 0.25) is 0 Å². The van der Waals surface area contributed by atoms with Crippen LogP contribution in [0.1, 0.15) is 57.8 Å². The average molecular weight is 385 g/mol. The highest BCUT2D eigenvalue weighted by molar-refractivity contribution is 7.70. The molecule has 0 saturated heterocycles. The molecule has 0 rings (SSSR count). The molecule has 0 saturated carbocycles. The summed E-state index contributed by atoms with van der Waals surface area (Å²) < 4.78 is 22.2. The Labute approximate surface area is 143 Å². The predicted octanol–water partition coefficient (Wildman–Crippen LogP) is 2.48. The molecule has 0 spiro atoms. The van der Waals surface area contributed by atoms with E-state index >= 15 is 0 Å². The first-order valence-electron chi connectivity index (χ1n) is 8.09. The van der Waals surface area contributed by atoms with Crippen molar-refractivity contribution in [2.45, 2.75) is 63.2 Å². The summed E-state index contributed by atoms with van der Waals surface area (Å²) in [5.74, 6) is -0.168. The number of hydrogen-bond donors (Lipinski definition) is 5. The van der Waals surface area contributed by atoms with Gasteiger partial charge in [-0.2, -0.15) is 0 Å². The summed E-state index contributed by atoms with van der Waals surface area (Å²) in [6.07, 6.45) is 7.95. The Kier molecular flexibility index (Phi) is 11.7. The Morgan fingerprint density at radius 2 is 1.29 bits per heavy atom. The van der Waals surface area contributed by atoms with Crippen LogP contribution in [0, 0.1) is 0 Å². The molecule has 0 fully saturated rings. The lowest BCUT2D eigenvalue weighted by molar-refractivity contribution is -0.116. The summed E-state index contributed by atoms with van der Waals surface area (Å²) >= 11 is 0. The molecule has 1 amide bonds. The zero-order valence-corrected chi connectivity index (χ0v) is 15.6. The van der Waals surface area contributed by atoms with Crippen LogP contribution >= 0.6 is 15.2 Å². The van der Waals surface area contributed by atoms with E-state index in [0.717, 1.165) is 38.5 Å². The Morgan fingerprint density at radius 3 is 1.71 bits per heavy atom. The molecule has 0 unspecified atom stereocenters. The number of hydrogen-bond acceptors (Lipinski definition) is 3. The van der Waals surface area contributed by atoms with Gasteiger partial charge in [0.05, 0.1) is 0 Å². The predicted molar refractivity (Wildman–Crippen MR) is 92.6 cm³/mol. The van der Waals surface area contributed by atoms with E-state index in [2.05, 4.69) is 11.9 Å². The molecule has 0 radical (unpaired) electrons. The first-order valence-corrected chi connectivity index (χ1v) is 11.5. The molecule has 142 valence electrons. The van der Waals surface area contributed by atoms with Crippen LogP contribution in [0.5, 0.6) is 0 Å². The van der Waals surface area contributed by atoms with Gasteiger partial charge in [-0.15, -0.1) is 0 Å². The number of unbranched alkanes of at least 4 members (excludes halogenated alkanes) is 7. The molecule has 0 aromatic rings. The number of rotatable bonds is 14. The summed E-state index contributed by atoms with van der Waals surface area (Å²) in [5, 5.41) is 0.823. The van der Waals surface area contributed by atoms with Crippen LogP contribution in [0.25, 0.3) is 0 Å². The molecular weight excluding hydrogens is 356 g/mol. The van der Waals surface area contributed by atoms with Crippen molar-refractivity contribution in [1.82, 2.24) is 5.32 Å². The molecule has 0 aliphatic rings. The van der Waals surface area contributed by atoms with Crippen LogP contribution in [-0.4, -0.2) is 37.4 Å². The second-order valence-electron chi connectivity index (χ2n) is 5.77. The van der Waals surface area contributed by atoms with E-state index in [1.807, 2.05) is 0 Å². The van der Waals surface area contributed by atoms with Crippen LogP contribution in [0.4, 0.5) is 0 Å². The highest BCUT2D eigenvalue weighted by atomic mass is 31.2. The highest BCUT2D eigenvalue weighted by Crippen LogP contribution is 2.61. The van der Waals surface area contributed by atoms with Gasteiger partial charge in [0.25, 0.3) is 0 Å². The van der Waals surface area contributed by atoms with Gasteiger partial charge >= 0.3 is 15.2 Å². The van der Waals surface area contributed by atoms with Gasteiger partial charge in [0.2, 0.25) is 5.91 Å². The van der Waals surface area contributed by atoms with Crippen molar-refractivity contribution in [3.8, 4) is 0 Å². The zero-order chi connectivity index (χ0) is 18.6. The van der Waals surface area contributed by atoms with Crippen molar-refractivity contribution < 1.29 is 33.5 Å². The Morgan fingerprint density at radius 1 is 0.875 bits per heavy atom. The minimum Gasteiger partial charge on any atom is -0.353 e. The molecule has 8 nitrogen and oxygen atoms in total. The number of nitrogens with one attached hydrogen (secondary N) is 1. The van der Waals surface area contributed by atoms with Gasteiger partial charge in [0.15, 0.2) is 5.40 Å². The largest absolute Gasteiger partial charge is 0.353 e. The van der Waals surface area contributed by atoms with Crippen LogP contribution < -0.4 is 5.32 Å². The first kappa shape index (κ1) is 23.5. The fraction of sp³-hybridized carbons (Fsp3) is 0.786. The van der Waals surface area contributed by atoms with E-state index in [1.165, 1.54) is 6.08 Å². The van der Waals surface area contributed by atoms with Gasteiger partial charge in [0.1, 0.15) is 0 Å².